The monoisotopic (exact) mass is 492 g/mol. The second-order valence-electron chi connectivity index (χ2n) is 9.17. The molecule has 0 aliphatic rings. The molecule has 184 valence electrons. The average molecular weight is 493 g/mol. The molecule has 0 radical (unpaired) electrons. The van der Waals surface area contributed by atoms with Gasteiger partial charge in [-0.15, -0.1) is 0 Å². The summed E-state index contributed by atoms with van der Waals surface area (Å²) in [6.45, 7) is 1.56. The number of aromatic amines is 2. The number of fused-ring (bicyclic) bond motifs is 2. The van der Waals surface area contributed by atoms with Crippen LogP contribution in [0.3, 0.4) is 0 Å². The Morgan fingerprint density at radius 3 is 2.68 bits per heavy atom. The highest BCUT2D eigenvalue weighted by atomic mass is 19.1. The maximum absolute atomic E-state index is 14.6. The number of aromatic nitrogens is 6. The summed E-state index contributed by atoms with van der Waals surface area (Å²) in [7, 11) is 4.02. The van der Waals surface area contributed by atoms with Crippen LogP contribution in [-0.2, 0) is 0 Å². The van der Waals surface area contributed by atoms with E-state index in [0.29, 0.717) is 11.5 Å². The average Bonchev–Trinajstić information content (AvgIpc) is 3.52. The van der Waals surface area contributed by atoms with Crippen molar-refractivity contribution >= 4 is 27.6 Å². The number of rotatable bonds is 7. The number of anilines is 1. The zero-order valence-electron chi connectivity index (χ0n) is 20.5. The van der Waals surface area contributed by atoms with Gasteiger partial charge in [-0.2, -0.15) is 5.10 Å². The van der Waals surface area contributed by atoms with Crippen molar-refractivity contribution < 1.29 is 4.39 Å². The Hall–Kier alpha value is -4.63. The van der Waals surface area contributed by atoms with Crippen molar-refractivity contribution in [1.82, 2.24) is 35.0 Å². The van der Waals surface area contributed by atoms with Gasteiger partial charge in [-0.25, -0.2) is 9.37 Å². The Kier molecular flexibility index (Phi) is 5.82. The lowest BCUT2D eigenvalue weighted by Gasteiger charge is -2.13. The van der Waals surface area contributed by atoms with Crippen LogP contribution >= 0.6 is 0 Å². The third kappa shape index (κ3) is 4.52. The highest BCUT2D eigenvalue weighted by Gasteiger charge is 2.17. The van der Waals surface area contributed by atoms with Crippen LogP contribution in [0, 0.1) is 5.82 Å². The lowest BCUT2D eigenvalue weighted by atomic mass is 10.0. The fraction of sp³-hybridized carbons (Fsp3) is 0.143. The number of nitrogens with zero attached hydrogens (tertiary/aromatic N) is 5. The van der Waals surface area contributed by atoms with Gasteiger partial charge in [0.05, 0.1) is 28.4 Å². The maximum atomic E-state index is 14.6. The molecule has 0 spiro atoms. The molecule has 0 saturated heterocycles. The molecule has 0 saturated carbocycles. The Morgan fingerprint density at radius 1 is 0.973 bits per heavy atom. The molecule has 0 aliphatic carbocycles. The summed E-state index contributed by atoms with van der Waals surface area (Å²) in [6.07, 6.45) is 5.26. The third-order valence-corrected chi connectivity index (χ3v) is 6.26. The van der Waals surface area contributed by atoms with Gasteiger partial charge in [0.25, 0.3) is 0 Å². The first kappa shape index (κ1) is 22.8. The molecular weight excluding hydrogens is 467 g/mol. The molecular formula is C28H25FN8. The standard InChI is InChI=1S/C28H25FN8/c1-37(2)11-10-31-20-13-18(12-19(29)14-20)21-4-3-5-23-26(21)34-28(33-23)27-22-15-24(17-6-8-30-9-7-17)32-16-25(22)35-36-27/h3-9,12-16,31H,10-11H2,1-2H3,(H,33,34)(H,35,36). The Morgan fingerprint density at radius 2 is 1.84 bits per heavy atom. The summed E-state index contributed by atoms with van der Waals surface area (Å²) < 4.78 is 14.6. The second-order valence-corrected chi connectivity index (χ2v) is 9.17. The number of halogens is 1. The summed E-state index contributed by atoms with van der Waals surface area (Å²) in [6, 6.07) is 16.7. The molecule has 0 amide bonds. The Balaban J connectivity index is 1.41. The van der Waals surface area contributed by atoms with Crippen LogP contribution in [0.2, 0.25) is 0 Å². The van der Waals surface area contributed by atoms with Crippen LogP contribution in [0.4, 0.5) is 10.1 Å². The molecule has 4 heterocycles. The van der Waals surface area contributed by atoms with Crippen LogP contribution in [0.1, 0.15) is 0 Å². The predicted octanol–water partition coefficient (Wildman–Crippen LogP) is 5.34. The van der Waals surface area contributed by atoms with Crippen molar-refractivity contribution in [2.24, 2.45) is 0 Å². The molecule has 0 atom stereocenters. The van der Waals surface area contributed by atoms with Crippen molar-refractivity contribution in [3.05, 3.63) is 79.0 Å². The van der Waals surface area contributed by atoms with Crippen molar-refractivity contribution in [2.75, 3.05) is 32.5 Å². The first-order valence-electron chi connectivity index (χ1n) is 12.0. The normalized spacial score (nSPS) is 11.6. The first-order valence-corrected chi connectivity index (χ1v) is 12.0. The highest BCUT2D eigenvalue weighted by molar-refractivity contribution is 5.98. The molecule has 4 aromatic heterocycles. The molecule has 0 bridgehead atoms. The summed E-state index contributed by atoms with van der Waals surface area (Å²) in [5.74, 6) is 0.327. The molecule has 9 heteroatoms. The van der Waals surface area contributed by atoms with E-state index in [-0.39, 0.29) is 5.82 Å². The van der Waals surface area contributed by atoms with Gasteiger partial charge in [0.15, 0.2) is 5.82 Å². The van der Waals surface area contributed by atoms with E-state index in [9.17, 15) is 4.39 Å². The van der Waals surface area contributed by atoms with Crippen LogP contribution in [0.15, 0.2) is 73.2 Å². The lowest BCUT2D eigenvalue weighted by Crippen LogP contribution is -2.20. The number of para-hydroxylation sites is 1. The van der Waals surface area contributed by atoms with E-state index in [2.05, 4.69) is 35.4 Å². The van der Waals surface area contributed by atoms with Gasteiger partial charge in [-0.05, 0) is 62.1 Å². The van der Waals surface area contributed by atoms with E-state index in [1.807, 2.05) is 56.6 Å². The number of benzene rings is 2. The summed E-state index contributed by atoms with van der Waals surface area (Å²) >= 11 is 0. The van der Waals surface area contributed by atoms with Crippen LogP contribution < -0.4 is 5.32 Å². The quantitative estimate of drug-likeness (QED) is 0.278. The van der Waals surface area contributed by atoms with Gasteiger partial charge in [0.2, 0.25) is 0 Å². The van der Waals surface area contributed by atoms with Crippen molar-refractivity contribution in [2.45, 2.75) is 0 Å². The van der Waals surface area contributed by atoms with Crippen molar-refractivity contribution in [3.8, 4) is 33.9 Å². The Bertz CT molecular complexity index is 1700. The second kappa shape index (κ2) is 9.44. The van der Waals surface area contributed by atoms with E-state index in [0.717, 1.165) is 63.1 Å². The topological polar surface area (TPSA) is 98.4 Å². The molecule has 3 N–H and O–H groups in total. The summed E-state index contributed by atoms with van der Waals surface area (Å²) in [5.41, 5.74) is 7.23. The molecule has 0 unspecified atom stereocenters. The molecule has 2 aromatic carbocycles. The maximum Gasteiger partial charge on any atom is 0.159 e. The van der Waals surface area contributed by atoms with Crippen LogP contribution in [-0.4, -0.2) is 62.2 Å². The zero-order chi connectivity index (χ0) is 25.4. The van der Waals surface area contributed by atoms with Crippen molar-refractivity contribution in [3.63, 3.8) is 0 Å². The number of hydrogen-bond donors (Lipinski definition) is 3. The summed E-state index contributed by atoms with van der Waals surface area (Å²) in [4.78, 5) is 19.0. The van der Waals surface area contributed by atoms with E-state index < -0.39 is 0 Å². The van der Waals surface area contributed by atoms with Crippen LogP contribution in [0.5, 0.6) is 0 Å². The van der Waals surface area contributed by atoms with E-state index in [1.165, 1.54) is 12.1 Å². The number of hydrogen-bond acceptors (Lipinski definition) is 6. The van der Waals surface area contributed by atoms with Gasteiger partial charge < -0.3 is 15.2 Å². The predicted molar refractivity (Wildman–Crippen MR) is 145 cm³/mol. The first-order chi connectivity index (χ1) is 18.0. The molecule has 0 fully saturated rings. The molecule has 37 heavy (non-hydrogen) atoms. The Labute approximate surface area is 212 Å². The largest absolute Gasteiger partial charge is 0.384 e. The van der Waals surface area contributed by atoms with Gasteiger partial charge >= 0.3 is 0 Å². The molecule has 0 aliphatic heterocycles. The minimum absolute atomic E-state index is 0.299. The number of pyridine rings is 2. The van der Waals surface area contributed by atoms with E-state index in [4.69, 9.17) is 4.98 Å². The van der Waals surface area contributed by atoms with Crippen LogP contribution in [0.25, 0.3) is 55.8 Å². The SMILES string of the molecule is CN(C)CCNc1cc(F)cc(-c2cccc3[nH]c(-c4n[nH]c5cnc(-c6ccncc6)cc45)nc23)c1. The van der Waals surface area contributed by atoms with Gasteiger partial charge in [0, 0.05) is 47.7 Å². The zero-order valence-corrected chi connectivity index (χ0v) is 20.5. The number of likely N-dealkylation sites (N-methyl/N-ethyl adjacent to an activating group) is 1. The van der Waals surface area contributed by atoms with Gasteiger partial charge in [-0.3, -0.25) is 15.1 Å². The van der Waals surface area contributed by atoms with Crippen molar-refractivity contribution in [1.29, 1.82) is 0 Å². The van der Waals surface area contributed by atoms with E-state index in [1.54, 1.807) is 18.6 Å². The number of H-pyrrole nitrogens is 2. The lowest BCUT2D eigenvalue weighted by molar-refractivity contribution is 0.425. The highest BCUT2D eigenvalue weighted by Crippen LogP contribution is 2.33. The van der Waals surface area contributed by atoms with Gasteiger partial charge in [-0.1, -0.05) is 12.1 Å². The molecule has 6 aromatic rings. The fourth-order valence-electron chi connectivity index (χ4n) is 4.43. The van der Waals surface area contributed by atoms with Gasteiger partial charge in [0.1, 0.15) is 11.5 Å². The summed E-state index contributed by atoms with van der Waals surface area (Å²) in [5, 5.41) is 11.8. The third-order valence-electron chi connectivity index (χ3n) is 6.26. The van der Waals surface area contributed by atoms with E-state index >= 15 is 0 Å². The number of imidazole rings is 1. The molecule has 6 rings (SSSR count). The smallest absolute Gasteiger partial charge is 0.159 e. The fourth-order valence-corrected chi connectivity index (χ4v) is 4.43. The number of nitrogens with one attached hydrogen (secondary N) is 3. The minimum atomic E-state index is -0.299. The minimum Gasteiger partial charge on any atom is -0.384 e. The molecule has 8 nitrogen and oxygen atoms in total.